The molecule has 26 heavy (non-hydrogen) atoms. The Balaban J connectivity index is 0.000000896. The maximum atomic E-state index is 9.10. The van der Waals surface area contributed by atoms with E-state index in [0.717, 1.165) is 31.9 Å². The van der Waals surface area contributed by atoms with Gasteiger partial charge in [0.15, 0.2) is 0 Å². The van der Waals surface area contributed by atoms with Crippen LogP contribution in [0.4, 0.5) is 0 Å². The minimum absolute atomic E-state index is 0.590. The smallest absolute Gasteiger partial charge is 0.414 e. The first-order chi connectivity index (χ1) is 12.4. The number of carbonyl (C=O) groups is 2. The predicted molar refractivity (Wildman–Crippen MR) is 96.9 cm³/mol. The van der Waals surface area contributed by atoms with Gasteiger partial charge < -0.3 is 29.7 Å². The fraction of sp³-hybridized carbons (Fsp3) is 0.556. The molecule has 0 radical (unpaired) electrons. The summed E-state index contributed by atoms with van der Waals surface area (Å²) in [7, 11) is 1.72. The molecule has 8 nitrogen and oxygen atoms in total. The Morgan fingerprint density at radius 3 is 2.08 bits per heavy atom. The summed E-state index contributed by atoms with van der Waals surface area (Å²) in [4.78, 5) is 18.2. The van der Waals surface area contributed by atoms with Crippen molar-refractivity contribution < 1.29 is 34.0 Å². The lowest BCUT2D eigenvalue weighted by atomic mass is 10.1. The molecular formula is C18H29NO7. The highest BCUT2D eigenvalue weighted by molar-refractivity contribution is 6.27. The summed E-state index contributed by atoms with van der Waals surface area (Å²) < 4.78 is 16.1. The lowest BCUT2D eigenvalue weighted by Crippen LogP contribution is -2.22. The van der Waals surface area contributed by atoms with E-state index in [1.807, 2.05) is 12.1 Å². The van der Waals surface area contributed by atoms with Gasteiger partial charge in [0.25, 0.3) is 0 Å². The van der Waals surface area contributed by atoms with Gasteiger partial charge in [0.2, 0.25) is 0 Å². The van der Waals surface area contributed by atoms with Crippen LogP contribution in [0.2, 0.25) is 0 Å². The number of carboxylic acids is 2. The maximum absolute atomic E-state index is 9.10. The van der Waals surface area contributed by atoms with Crippen molar-refractivity contribution in [2.45, 2.75) is 20.3 Å². The van der Waals surface area contributed by atoms with Crippen LogP contribution in [0.1, 0.15) is 17.5 Å². The van der Waals surface area contributed by atoms with Crippen molar-refractivity contribution in [1.82, 2.24) is 5.32 Å². The van der Waals surface area contributed by atoms with Gasteiger partial charge in [0.05, 0.1) is 13.2 Å². The van der Waals surface area contributed by atoms with E-state index >= 15 is 0 Å². The molecule has 0 atom stereocenters. The summed E-state index contributed by atoms with van der Waals surface area (Å²) in [5, 5.41) is 18.1. The molecule has 0 aliphatic carbocycles. The Bertz CT molecular complexity index is 502. The largest absolute Gasteiger partial charge is 0.491 e. The molecule has 0 aromatic heterocycles. The first-order valence-electron chi connectivity index (χ1n) is 8.31. The van der Waals surface area contributed by atoms with Crippen LogP contribution in [0.15, 0.2) is 18.2 Å². The van der Waals surface area contributed by atoms with Gasteiger partial charge in [-0.1, -0.05) is 6.07 Å². The molecule has 0 saturated carbocycles. The number of methoxy groups -OCH3 is 1. The fourth-order valence-electron chi connectivity index (χ4n) is 1.95. The first kappa shape index (κ1) is 23.8. The SMILES string of the molecule is COCCCNCCOCCOc1cc(C)cc(C)c1.O=C(O)C(=O)O. The molecule has 0 unspecified atom stereocenters. The zero-order chi connectivity index (χ0) is 19.8. The number of hydrogen-bond donors (Lipinski definition) is 3. The Kier molecular flexibility index (Phi) is 13.9. The third-order valence-corrected chi connectivity index (χ3v) is 3.00. The van der Waals surface area contributed by atoms with E-state index in [-0.39, 0.29) is 0 Å². The van der Waals surface area contributed by atoms with Crippen LogP contribution in [0, 0.1) is 13.8 Å². The number of aliphatic carboxylic acids is 2. The van der Waals surface area contributed by atoms with E-state index in [9.17, 15) is 0 Å². The molecule has 1 rings (SSSR count). The van der Waals surface area contributed by atoms with E-state index in [2.05, 4.69) is 25.2 Å². The number of aryl methyl sites for hydroxylation is 2. The second-order valence-corrected chi connectivity index (χ2v) is 5.49. The lowest BCUT2D eigenvalue weighted by molar-refractivity contribution is -0.159. The predicted octanol–water partition coefficient (Wildman–Crippen LogP) is 1.48. The normalized spacial score (nSPS) is 9.96. The molecule has 1 aromatic rings. The van der Waals surface area contributed by atoms with Crippen molar-refractivity contribution in [2.24, 2.45) is 0 Å². The van der Waals surface area contributed by atoms with E-state index in [0.29, 0.717) is 19.8 Å². The Morgan fingerprint density at radius 1 is 0.923 bits per heavy atom. The van der Waals surface area contributed by atoms with E-state index in [4.69, 9.17) is 34.0 Å². The fourth-order valence-corrected chi connectivity index (χ4v) is 1.95. The van der Waals surface area contributed by atoms with Crippen molar-refractivity contribution in [3.8, 4) is 5.75 Å². The lowest BCUT2D eigenvalue weighted by Gasteiger charge is -2.09. The monoisotopic (exact) mass is 371 g/mol. The average Bonchev–Trinajstić information content (AvgIpc) is 2.56. The van der Waals surface area contributed by atoms with Gasteiger partial charge in [0.1, 0.15) is 12.4 Å². The topological polar surface area (TPSA) is 114 Å². The standard InChI is InChI=1S/C16H27NO3.C2H2O4/c1-14-11-15(2)13-16(12-14)20-10-9-19-8-6-17-5-4-7-18-3;3-1(4)2(5)6/h11-13,17H,4-10H2,1-3H3;(H,3,4)(H,5,6). The van der Waals surface area contributed by atoms with Crippen molar-refractivity contribution >= 4 is 11.9 Å². The minimum Gasteiger partial charge on any atom is -0.491 e. The van der Waals surface area contributed by atoms with Crippen molar-refractivity contribution in [3.05, 3.63) is 29.3 Å². The molecule has 148 valence electrons. The second-order valence-electron chi connectivity index (χ2n) is 5.49. The quantitative estimate of drug-likeness (QED) is 0.396. The zero-order valence-electron chi connectivity index (χ0n) is 15.6. The highest BCUT2D eigenvalue weighted by Crippen LogP contribution is 2.15. The molecule has 0 aliphatic heterocycles. The van der Waals surface area contributed by atoms with Crippen LogP contribution < -0.4 is 10.1 Å². The second kappa shape index (κ2) is 15.1. The summed E-state index contributed by atoms with van der Waals surface area (Å²) >= 11 is 0. The van der Waals surface area contributed by atoms with Gasteiger partial charge >= 0.3 is 11.9 Å². The van der Waals surface area contributed by atoms with Gasteiger partial charge in [0, 0.05) is 20.3 Å². The Hall–Kier alpha value is -2.16. The van der Waals surface area contributed by atoms with Crippen molar-refractivity contribution in [1.29, 1.82) is 0 Å². The van der Waals surface area contributed by atoms with Crippen molar-refractivity contribution in [3.63, 3.8) is 0 Å². The molecule has 8 heteroatoms. The highest BCUT2D eigenvalue weighted by atomic mass is 16.5. The summed E-state index contributed by atoms with van der Waals surface area (Å²) in [5.41, 5.74) is 2.45. The van der Waals surface area contributed by atoms with Crippen LogP contribution in [0.25, 0.3) is 0 Å². The summed E-state index contributed by atoms with van der Waals surface area (Å²) in [5.74, 6) is -2.73. The average molecular weight is 371 g/mol. The minimum atomic E-state index is -1.82. The third-order valence-electron chi connectivity index (χ3n) is 3.00. The van der Waals surface area contributed by atoms with Gasteiger partial charge in [-0.15, -0.1) is 0 Å². The molecule has 0 spiro atoms. The molecule has 0 heterocycles. The molecule has 0 fully saturated rings. The van der Waals surface area contributed by atoms with Crippen LogP contribution >= 0.6 is 0 Å². The number of hydrogen-bond acceptors (Lipinski definition) is 6. The number of benzene rings is 1. The van der Waals surface area contributed by atoms with Crippen LogP contribution in [0.3, 0.4) is 0 Å². The van der Waals surface area contributed by atoms with Gasteiger partial charge in [-0.25, -0.2) is 9.59 Å². The van der Waals surface area contributed by atoms with E-state index in [1.165, 1.54) is 11.1 Å². The summed E-state index contributed by atoms with van der Waals surface area (Å²) in [6, 6.07) is 6.23. The Morgan fingerprint density at radius 2 is 1.54 bits per heavy atom. The van der Waals surface area contributed by atoms with Gasteiger partial charge in [-0.2, -0.15) is 0 Å². The van der Waals surface area contributed by atoms with Gasteiger partial charge in [-0.3, -0.25) is 0 Å². The number of rotatable bonds is 11. The van der Waals surface area contributed by atoms with Crippen LogP contribution in [-0.2, 0) is 19.1 Å². The number of nitrogens with one attached hydrogen (secondary N) is 1. The zero-order valence-corrected chi connectivity index (χ0v) is 15.6. The molecule has 0 amide bonds. The van der Waals surface area contributed by atoms with E-state index in [1.54, 1.807) is 7.11 Å². The Labute approximate surface area is 154 Å². The van der Waals surface area contributed by atoms with Crippen LogP contribution in [0.5, 0.6) is 5.75 Å². The van der Waals surface area contributed by atoms with E-state index < -0.39 is 11.9 Å². The summed E-state index contributed by atoms with van der Waals surface area (Å²) in [6.07, 6.45) is 1.03. The van der Waals surface area contributed by atoms with Crippen molar-refractivity contribution in [2.75, 3.05) is 46.6 Å². The third kappa shape index (κ3) is 14.2. The summed E-state index contributed by atoms with van der Waals surface area (Å²) in [6.45, 7) is 8.71. The molecule has 0 bridgehead atoms. The molecule has 0 saturated heterocycles. The molecule has 1 aromatic carbocycles. The van der Waals surface area contributed by atoms with Gasteiger partial charge in [-0.05, 0) is 50.1 Å². The maximum Gasteiger partial charge on any atom is 0.414 e. The highest BCUT2D eigenvalue weighted by Gasteiger charge is 2.04. The number of carboxylic acid groups (broad SMARTS) is 2. The van der Waals surface area contributed by atoms with Crippen LogP contribution in [-0.4, -0.2) is 68.8 Å². The molecule has 3 N–H and O–H groups in total. The molecular weight excluding hydrogens is 342 g/mol. The molecule has 0 aliphatic rings. The number of ether oxygens (including phenoxy) is 3. The first-order valence-corrected chi connectivity index (χ1v) is 8.31.